The molecule has 4 saturated carbocycles. The van der Waals surface area contributed by atoms with Crippen molar-refractivity contribution in [2.24, 2.45) is 23.2 Å². The van der Waals surface area contributed by atoms with Crippen molar-refractivity contribution in [2.75, 3.05) is 32.8 Å². The SMILES string of the molecule is Br.N=c1n(CCN2CCOCC2)c2ccccc2n1CC(=O)C12CC3CC(CC(C3)C1)C2. The highest BCUT2D eigenvalue weighted by molar-refractivity contribution is 8.93. The topological polar surface area (TPSA) is 63.2 Å². The molecule has 6 nitrogen and oxygen atoms in total. The van der Waals surface area contributed by atoms with Gasteiger partial charge in [0.1, 0.15) is 0 Å². The molecule has 1 saturated heterocycles. The summed E-state index contributed by atoms with van der Waals surface area (Å²) in [4.78, 5) is 16.1. The number of benzene rings is 1. The molecule has 5 aliphatic rings. The van der Waals surface area contributed by atoms with E-state index in [1.807, 2.05) is 16.7 Å². The second-order valence-corrected chi connectivity index (χ2v) is 10.6. The molecule has 0 atom stereocenters. The molecule has 4 bridgehead atoms. The van der Waals surface area contributed by atoms with Crippen LogP contribution in [0.25, 0.3) is 11.0 Å². The number of carbonyl (C=O) groups is 1. The maximum Gasteiger partial charge on any atom is 0.203 e. The summed E-state index contributed by atoms with van der Waals surface area (Å²) >= 11 is 0. The highest BCUT2D eigenvalue weighted by Gasteiger charge is 2.54. The van der Waals surface area contributed by atoms with Crippen molar-refractivity contribution < 1.29 is 9.53 Å². The quantitative estimate of drug-likeness (QED) is 0.655. The first kappa shape index (κ1) is 22.4. The smallest absolute Gasteiger partial charge is 0.203 e. The van der Waals surface area contributed by atoms with Crippen LogP contribution in [0.5, 0.6) is 0 Å². The molecule has 0 spiro atoms. The van der Waals surface area contributed by atoms with Gasteiger partial charge in [-0.25, -0.2) is 0 Å². The Kier molecular flexibility index (Phi) is 6.10. The fourth-order valence-corrected chi connectivity index (χ4v) is 7.51. The van der Waals surface area contributed by atoms with E-state index in [-0.39, 0.29) is 22.4 Å². The summed E-state index contributed by atoms with van der Waals surface area (Å²) in [6.45, 7) is 5.54. The monoisotopic (exact) mass is 502 g/mol. The highest BCUT2D eigenvalue weighted by Crippen LogP contribution is 2.60. The number of para-hydroxylation sites is 2. The molecule has 2 aromatic rings. The highest BCUT2D eigenvalue weighted by atomic mass is 79.9. The van der Waals surface area contributed by atoms with Gasteiger partial charge in [-0.1, -0.05) is 12.1 Å². The van der Waals surface area contributed by atoms with Crippen LogP contribution in [0.4, 0.5) is 0 Å². The van der Waals surface area contributed by atoms with E-state index in [0.29, 0.717) is 17.9 Å². The summed E-state index contributed by atoms with van der Waals surface area (Å²) in [7, 11) is 0. The fourth-order valence-electron chi connectivity index (χ4n) is 7.51. The molecule has 32 heavy (non-hydrogen) atoms. The number of rotatable bonds is 6. The zero-order valence-corrected chi connectivity index (χ0v) is 20.5. The van der Waals surface area contributed by atoms with Gasteiger partial charge in [0.25, 0.3) is 0 Å². The number of ketones is 1. The summed E-state index contributed by atoms with van der Waals surface area (Å²) in [6.07, 6.45) is 7.35. The normalized spacial score (nSPS) is 31.7. The van der Waals surface area contributed by atoms with Gasteiger partial charge in [0.15, 0.2) is 5.78 Å². The molecule has 1 aliphatic heterocycles. The lowest BCUT2D eigenvalue weighted by Gasteiger charge is -2.56. The van der Waals surface area contributed by atoms with E-state index in [2.05, 4.69) is 21.6 Å². The molecule has 1 N–H and O–H groups in total. The Balaban J connectivity index is 0.00000216. The number of hydrogen-bond donors (Lipinski definition) is 1. The number of imidazole rings is 1. The Bertz CT molecular complexity index is 1020. The number of fused-ring (bicyclic) bond motifs is 1. The average Bonchev–Trinajstić information content (AvgIpc) is 3.03. The van der Waals surface area contributed by atoms with E-state index in [1.165, 1.54) is 19.3 Å². The molecule has 0 unspecified atom stereocenters. The number of halogens is 1. The van der Waals surface area contributed by atoms with Crippen molar-refractivity contribution in [3.05, 3.63) is 29.9 Å². The molecule has 1 aromatic carbocycles. The van der Waals surface area contributed by atoms with Gasteiger partial charge in [-0.15, -0.1) is 17.0 Å². The number of nitrogens with zero attached hydrogens (tertiary/aromatic N) is 3. The van der Waals surface area contributed by atoms with Crippen molar-refractivity contribution in [1.29, 1.82) is 5.41 Å². The minimum absolute atomic E-state index is 0. The largest absolute Gasteiger partial charge is 0.379 e. The summed E-state index contributed by atoms with van der Waals surface area (Å²) in [5.74, 6) is 2.70. The number of morpholine rings is 1. The maximum absolute atomic E-state index is 13.7. The number of nitrogens with one attached hydrogen (secondary N) is 1. The van der Waals surface area contributed by atoms with Gasteiger partial charge in [0.2, 0.25) is 5.62 Å². The lowest BCUT2D eigenvalue weighted by atomic mass is 9.48. The van der Waals surface area contributed by atoms with Crippen LogP contribution in [0.3, 0.4) is 0 Å². The van der Waals surface area contributed by atoms with Crippen LogP contribution in [0.2, 0.25) is 0 Å². The molecule has 4 aliphatic carbocycles. The molecule has 174 valence electrons. The summed E-state index contributed by atoms with van der Waals surface area (Å²) in [5.41, 5.74) is 2.45. The molecule has 0 amide bonds. The maximum atomic E-state index is 13.7. The predicted octanol–water partition coefficient (Wildman–Crippen LogP) is 3.62. The first-order chi connectivity index (χ1) is 15.1. The molecular weight excluding hydrogens is 468 g/mol. The molecule has 7 heteroatoms. The van der Waals surface area contributed by atoms with Crippen molar-refractivity contribution in [2.45, 2.75) is 51.6 Å². The molecule has 0 radical (unpaired) electrons. The van der Waals surface area contributed by atoms with Crippen LogP contribution in [-0.4, -0.2) is 52.7 Å². The molecule has 1 aromatic heterocycles. The zero-order chi connectivity index (χ0) is 21.0. The standard InChI is InChI=1S/C25H34N4O2.BrH/c26-24-28(6-5-27-7-9-31-10-8-27)21-3-1-2-4-22(21)29(24)17-23(30)25-14-18-11-19(15-25)13-20(12-18)16-25;/h1-4,18-20,26H,5-17H2;1H. The summed E-state index contributed by atoms with van der Waals surface area (Å²) in [5, 5.41) is 8.95. The van der Waals surface area contributed by atoms with E-state index >= 15 is 0 Å². The van der Waals surface area contributed by atoms with Crippen molar-refractivity contribution in [1.82, 2.24) is 14.0 Å². The third-order valence-corrected chi connectivity index (χ3v) is 8.65. The number of ether oxygens (including phenoxy) is 1. The third-order valence-electron chi connectivity index (χ3n) is 8.65. The minimum atomic E-state index is -0.106. The van der Waals surface area contributed by atoms with Crippen LogP contribution in [0.1, 0.15) is 38.5 Å². The minimum Gasteiger partial charge on any atom is -0.379 e. The number of Topliss-reactive ketones (excluding diaryl/α,β-unsaturated/α-hetero) is 1. The Morgan fingerprint density at radius 1 is 0.938 bits per heavy atom. The zero-order valence-electron chi connectivity index (χ0n) is 18.8. The van der Waals surface area contributed by atoms with E-state index in [4.69, 9.17) is 10.1 Å². The van der Waals surface area contributed by atoms with E-state index in [0.717, 1.165) is 87.4 Å². The summed E-state index contributed by atoms with van der Waals surface area (Å²) in [6, 6.07) is 8.24. The van der Waals surface area contributed by atoms with Crippen LogP contribution in [0, 0.1) is 28.6 Å². The predicted molar refractivity (Wildman–Crippen MR) is 129 cm³/mol. The van der Waals surface area contributed by atoms with Crippen molar-refractivity contribution >= 4 is 33.8 Å². The van der Waals surface area contributed by atoms with E-state index in [9.17, 15) is 4.79 Å². The molecule has 7 rings (SSSR count). The number of carbonyl (C=O) groups excluding carboxylic acids is 1. The number of aromatic nitrogens is 2. The Morgan fingerprint density at radius 2 is 1.50 bits per heavy atom. The van der Waals surface area contributed by atoms with Gasteiger partial charge in [0, 0.05) is 31.6 Å². The van der Waals surface area contributed by atoms with Gasteiger partial charge in [-0.2, -0.15) is 0 Å². The number of hydrogen-bond acceptors (Lipinski definition) is 4. The van der Waals surface area contributed by atoms with Crippen LogP contribution >= 0.6 is 17.0 Å². The Morgan fingerprint density at radius 3 is 2.09 bits per heavy atom. The van der Waals surface area contributed by atoms with Crippen LogP contribution < -0.4 is 5.62 Å². The first-order valence-corrected chi connectivity index (χ1v) is 12.2. The lowest BCUT2D eigenvalue weighted by Crippen LogP contribution is -2.51. The molecule has 2 heterocycles. The molecular formula is C25H35BrN4O2. The third kappa shape index (κ3) is 3.80. The average molecular weight is 503 g/mol. The first-order valence-electron chi connectivity index (χ1n) is 12.2. The second kappa shape index (κ2) is 8.73. The van der Waals surface area contributed by atoms with Gasteiger partial charge >= 0.3 is 0 Å². The van der Waals surface area contributed by atoms with Crippen LogP contribution in [0.15, 0.2) is 24.3 Å². The second-order valence-electron chi connectivity index (χ2n) is 10.6. The lowest BCUT2D eigenvalue weighted by molar-refractivity contribution is -0.144. The summed E-state index contributed by atoms with van der Waals surface area (Å²) < 4.78 is 9.54. The van der Waals surface area contributed by atoms with Gasteiger partial charge in [-0.05, 0) is 68.4 Å². The van der Waals surface area contributed by atoms with Gasteiger partial charge in [0.05, 0.1) is 30.8 Å². The van der Waals surface area contributed by atoms with Crippen molar-refractivity contribution in [3.63, 3.8) is 0 Å². The van der Waals surface area contributed by atoms with Crippen LogP contribution in [-0.2, 0) is 22.6 Å². The Hall–Kier alpha value is -1.44. The van der Waals surface area contributed by atoms with Gasteiger partial charge < -0.3 is 13.9 Å². The van der Waals surface area contributed by atoms with Crippen molar-refractivity contribution in [3.8, 4) is 0 Å². The Labute approximate surface area is 200 Å². The fraction of sp³-hybridized carbons (Fsp3) is 0.680. The van der Waals surface area contributed by atoms with Gasteiger partial charge in [-0.3, -0.25) is 15.1 Å². The van der Waals surface area contributed by atoms with E-state index < -0.39 is 0 Å². The molecule has 5 fully saturated rings. The van der Waals surface area contributed by atoms with E-state index in [1.54, 1.807) is 0 Å².